The van der Waals surface area contributed by atoms with E-state index < -0.39 is 6.10 Å². The maximum absolute atomic E-state index is 12.7. The summed E-state index contributed by atoms with van der Waals surface area (Å²) in [7, 11) is 3.06. The van der Waals surface area contributed by atoms with E-state index in [4.69, 9.17) is 14.2 Å². The van der Waals surface area contributed by atoms with Crippen molar-refractivity contribution >= 4 is 23.2 Å². The van der Waals surface area contributed by atoms with Gasteiger partial charge in [-0.2, -0.15) is 0 Å². The minimum atomic E-state index is -0.598. The highest BCUT2D eigenvalue weighted by Gasteiger charge is 2.34. The van der Waals surface area contributed by atoms with Gasteiger partial charge in [0.15, 0.2) is 6.10 Å². The van der Waals surface area contributed by atoms with Crippen LogP contribution in [0.15, 0.2) is 42.5 Å². The Bertz CT molecular complexity index is 852. The van der Waals surface area contributed by atoms with Gasteiger partial charge in [-0.25, -0.2) is 0 Å². The van der Waals surface area contributed by atoms with Crippen molar-refractivity contribution in [1.82, 2.24) is 0 Å². The third kappa shape index (κ3) is 3.81. The van der Waals surface area contributed by atoms with Crippen molar-refractivity contribution in [1.29, 1.82) is 0 Å². The normalized spacial score (nSPS) is 15.6. The summed E-state index contributed by atoms with van der Waals surface area (Å²) in [5.74, 6) is 1.11. The molecule has 7 nitrogen and oxygen atoms in total. The number of methoxy groups -OCH3 is 2. The minimum Gasteiger partial charge on any atom is -0.497 e. The first-order valence-electron chi connectivity index (χ1n) is 8.66. The molecule has 0 fully saturated rings. The average molecular weight is 370 g/mol. The van der Waals surface area contributed by atoms with Gasteiger partial charge in [-0.15, -0.1) is 0 Å². The zero-order chi connectivity index (χ0) is 19.4. The molecule has 7 heteroatoms. The molecule has 0 unspecified atom stereocenters. The number of ether oxygens (including phenoxy) is 3. The van der Waals surface area contributed by atoms with Gasteiger partial charge in [-0.1, -0.05) is 19.1 Å². The second-order valence-electron chi connectivity index (χ2n) is 6.02. The molecule has 1 N–H and O–H groups in total. The van der Waals surface area contributed by atoms with Gasteiger partial charge >= 0.3 is 0 Å². The van der Waals surface area contributed by atoms with Crippen LogP contribution in [-0.2, 0) is 9.59 Å². The Morgan fingerprint density at radius 3 is 2.67 bits per heavy atom. The fraction of sp³-hybridized carbons (Fsp3) is 0.300. The first-order valence-corrected chi connectivity index (χ1v) is 8.66. The number of nitrogens with one attached hydrogen (secondary N) is 1. The number of anilines is 2. The first kappa shape index (κ1) is 18.6. The second-order valence-corrected chi connectivity index (χ2v) is 6.02. The number of fused-ring (bicyclic) bond motifs is 1. The van der Waals surface area contributed by atoms with Gasteiger partial charge in [-0.05, 0) is 30.7 Å². The molecule has 0 aromatic heterocycles. The highest BCUT2D eigenvalue weighted by atomic mass is 16.5. The Balaban J connectivity index is 1.82. The van der Waals surface area contributed by atoms with E-state index >= 15 is 0 Å². The molecule has 2 amide bonds. The third-order valence-corrected chi connectivity index (χ3v) is 4.32. The van der Waals surface area contributed by atoms with E-state index in [0.717, 1.165) is 0 Å². The summed E-state index contributed by atoms with van der Waals surface area (Å²) in [6.07, 6.45) is -0.0753. The van der Waals surface area contributed by atoms with E-state index in [1.807, 2.05) is 13.0 Å². The first-order chi connectivity index (χ1) is 13.1. The van der Waals surface area contributed by atoms with Crippen LogP contribution in [-0.4, -0.2) is 38.7 Å². The van der Waals surface area contributed by atoms with Gasteiger partial charge in [0.05, 0.1) is 25.6 Å². The zero-order valence-corrected chi connectivity index (χ0v) is 15.5. The lowest BCUT2D eigenvalue weighted by atomic mass is 10.1. The molecule has 0 spiro atoms. The summed E-state index contributed by atoms with van der Waals surface area (Å²) in [4.78, 5) is 26.8. The molecule has 2 aromatic rings. The van der Waals surface area contributed by atoms with E-state index in [1.54, 1.807) is 43.5 Å². The summed E-state index contributed by atoms with van der Waals surface area (Å²) in [6, 6.07) is 12.3. The van der Waals surface area contributed by atoms with Crippen molar-refractivity contribution in [3.63, 3.8) is 0 Å². The van der Waals surface area contributed by atoms with Crippen molar-refractivity contribution in [3.05, 3.63) is 42.5 Å². The largest absolute Gasteiger partial charge is 0.497 e. The fourth-order valence-corrected chi connectivity index (χ4v) is 2.94. The van der Waals surface area contributed by atoms with Gasteiger partial charge in [-0.3, -0.25) is 14.5 Å². The quantitative estimate of drug-likeness (QED) is 0.846. The van der Waals surface area contributed by atoms with Crippen molar-refractivity contribution in [2.24, 2.45) is 0 Å². The highest BCUT2D eigenvalue weighted by Crippen LogP contribution is 2.34. The number of carbonyl (C=O) groups is 2. The molecule has 2 aromatic carbocycles. The summed E-state index contributed by atoms with van der Waals surface area (Å²) >= 11 is 0. The molecule has 3 rings (SSSR count). The van der Waals surface area contributed by atoms with Crippen molar-refractivity contribution < 1.29 is 23.8 Å². The number of hydrogen-bond donors (Lipinski definition) is 1. The predicted molar refractivity (Wildman–Crippen MR) is 102 cm³/mol. The molecule has 1 aliphatic heterocycles. The van der Waals surface area contributed by atoms with E-state index in [2.05, 4.69) is 5.32 Å². The monoisotopic (exact) mass is 370 g/mol. The molecule has 27 heavy (non-hydrogen) atoms. The van der Waals surface area contributed by atoms with Crippen LogP contribution in [0, 0.1) is 0 Å². The van der Waals surface area contributed by atoms with Crippen LogP contribution in [0.1, 0.15) is 13.3 Å². The Morgan fingerprint density at radius 1 is 1.19 bits per heavy atom. The predicted octanol–water partition coefficient (Wildman–Crippen LogP) is 2.85. The van der Waals surface area contributed by atoms with Crippen LogP contribution >= 0.6 is 0 Å². The smallest absolute Gasteiger partial charge is 0.268 e. The summed E-state index contributed by atoms with van der Waals surface area (Å²) in [5.41, 5.74) is 1.06. The molecule has 0 saturated carbocycles. The second kappa shape index (κ2) is 7.99. The zero-order valence-electron chi connectivity index (χ0n) is 15.5. The van der Waals surface area contributed by atoms with E-state index in [9.17, 15) is 9.59 Å². The number of benzene rings is 2. The molecule has 1 aliphatic rings. The molecular weight excluding hydrogens is 348 g/mol. The molecule has 1 atom stereocenters. The van der Waals surface area contributed by atoms with Crippen LogP contribution in [0.5, 0.6) is 17.2 Å². The third-order valence-electron chi connectivity index (χ3n) is 4.32. The number of carbonyl (C=O) groups excluding carboxylic acids is 2. The van der Waals surface area contributed by atoms with Crippen molar-refractivity contribution in [2.45, 2.75) is 19.4 Å². The van der Waals surface area contributed by atoms with Gasteiger partial charge in [0.1, 0.15) is 23.8 Å². The number of rotatable bonds is 6. The summed E-state index contributed by atoms with van der Waals surface area (Å²) in [5, 5.41) is 2.79. The van der Waals surface area contributed by atoms with Gasteiger partial charge in [0.2, 0.25) is 5.91 Å². The average Bonchev–Trinajstić information content (AvgIpc) is 2.69. The number of nitrogens with zero attached hydrogens (tertiary/aromatic N) is 1. The topological polar surface area (TPSA) is 77.1 Å². The maximum atomic E-state index is 12.7. The molecule has 142 valence electrons. The molecule has 1 heterocycles. The Labute approximate surface area is 157 Å². The Kier molecular flexibility index (Phi) is 5.49. The molecule has 0 bridgehead atoms. The van der Waals surface area contributed by atoms with E-state index in [1.165, 1.54) is 12.0 Å². The summed E-state index contributed by atoms with van der Waals surface area (Å²) < 4.78 is 16.2. The van der Waals surface area contributed by atoms with Gasteiger partial charge in [0, 0.05) is 6.07 Å². The molecule has 0 aliphatic carbocycles. The number of amides is 2. The Hall–Kier alpha value is -3.22. The van der Waals surface area contributed by atoms with Crippen LogP contribution in [0.4, 0.5) is 11.4 Å². The van der Waals surface area contributed by atoms with E-state index in [0.29, 0.717) is 35.0 Å². The van der Waals surface area contributed by atoms with Crippen molar-refractivity contribution in [3.8, 4) is 17.2 Å². The molecular formula is C20H22N2O5. The number of hydrogen-bond acceptors (Lipinski definition) is 5. The minimum absolute atomic E-state index is 0.129. The van der Waals surface area contributed by atoms with Gasteiger partial charge in [0.25, 0.3) is 5.91 Å². The highest BCUT2D eigenvalue weighted by molar-refractivity contribution is 6.06. The molecule has 0 saturated heterocycles. The fourth-order valence-electron chi connectivity index (χ4n) is 2.94. The lowest BCUT2D eigenvalue weighted by molar-refractivity contribution is -0.128. The van der Waals surface area contributed by atoms with Gasteiger partial charge < -0.3 is 19.5 Å². The summed E-state index contributed by atoms with van der Waals surface area (Å²) in [6.45, 7) is 1.74. The van der Waals surface area contributed by atoms with Crippen LogP contribution in [0.3, 0.4) is 0 Å². The lowest BCUT2D eigenvalue weighted by Crippen LogP contribution is -2.48. The standard InChI is InChI=1S/C20H22N2O5/c1-4-16-20(24)22(15-7-5-6-8-18(15)27-16)12-19(23)21-14-11-13(25-2)9-10-17(14)26-3/h5-11,16H,4,12H2,1-3H3,(H,21,23)/t16-/m1/s1. The molecule has 0 radical (unpaired) electrons. The van der Waals surface area contributed by atoms with Crippen LogP contribution in [0.2, 0.25) is 0 Å². The van der Waals surface area contributed by atoms with E-state index in [-0.39, 0.29) is 18.4 Å². The lowest BCUT2D eigenvalue weighted by Gasteiger charge is -2.33. The maximum Gasteiger partial charge on any atom is 0.268 e. The van der Waals surface area contributed by atoms with Crippen molar-refractivity contribution in [2.75, 3.05) is 31.0 Å². The number of para-hydroxylation sites is 2. The van der Waals surface area contributed by atoms with Crippen LogP contribution < -0.4 is 24.4 Å². The SMILES string of the molecule is CC[C@H]1Oc2ccccc2N(CC(=O)Nc2cc(OC)ccc2OC)C1=O. The van der Waals surface area contributed by atoms with Crippen LogP contribution in [0.25, 0.3) is 0 Å². The Morgan fingerprint density at radius 2 is 1.96 bits per heavy atom.